The van der Waals surface area contributed by atoms with E-state index in [0.717, 1.165) is 21.6 Å². The number of unbranched alkanes of at least 4 members (excludes halogenated alkanes) is 2. The number of benzene rings is 2. The zero-order valence-electron chi connectivity index (χ0n) is 63.8. The molecule has 29 nitrogen and oxygen atoms in total. The molecule has 4 aliphatic rings. The summed E-state index contributed by atoms with van der Waals surface area (Å²) in [4.78, 5) is 124. The number of amides is 6. The molecular formula is C76H117ClN10O19. The third kappa shape index (κ3) is 27.3. The average Bonchev–Trinajstić information content (AvgIpc) is 1.57. The minimum absolute atomic E-state index is 0.0206. The number of epoxide rings is 1. The second-order valence-corrected chi connectivity index (χ2v) is 30.1. The molecule has 1 unspecified atom stereocenters. The van der Waals surface area contributed by atoms with E-state index in [4.69, 9.17) is 71.4 Å². The van der Waals surface area contributed by atoms with Gasteiger partial charge in [0.05, 0.1) is 76.6 Å². The number of alkyl carbamates (subject to hydrolysis) is 1. The number of fused-ring (bicyclic) bond motifs is 5. The first-order chi connectivity index (χ1) is 50.2. The van der Waals surface area contributed by atoms with Gasteiger partial charge in [0.1, 0.15) is 47.0 Å². The van der Waals surface area contributed by atoms with Crippen LogP contribution in [0, 0.1) is 11.3 Å². The molecule has 106 heavy (non-hydrogen) atoms. The number of likely N-dealkylation sites (N-methyl/N-ethyl adjacent to an activating group) is 1. The van der Waals surface area contributed by atoms with Gasteiger partial charge in [0.2, 0.25) is 29.5 Å². The Labute approximate surface area is 628 Å². The first kappa shape index (κ1) is 87.9. The molecule has 3 fully saturated rings. The van der Waals surface area contributed by atoms with Crippen molar-refractivity contribution in [1.29, 1.82) is 0 Å². The van der Waals surface area contributed by atoms with Crippen molar-refractivity contribution in [2.24, 2.45) is 28.5 Å². The van der Waals surface area contributed by atoms with Gasteiger partial charge in [-0.1, -0.05) is 86.5 Å². The summed E-state index contributed by atoms with van der Waals surface area (Å²) in [6.45, 7) is 16.1. The smallest absolute Gasteiger partial charge is 0.409 e. The van der Waals surface area contributed by atoms with Crippen LogP contribution in [-0.4, -0.2) is 223 Å². The van der Waals surface area contributed by atoms with Crippen LogP contribution in [0.1, 0.15) is 156 Å². The average molecular weight is 1510 g/mol. The van der Waals surface area contributed by atoms with E-state index in [9.17, 15) is 48.3 Å². The van der Waals surface area contributed by atoms with Crippen LogP contribution in [0.4, 0.5) is 10.5 Å². The van der Waals surface area contributed by atoms with Gasteiger partial charge in [-0.15, -0.1) is 0 Å². The molecule has 0 spiro atoms. The van der Waals surface area contributed by atoms with Crippen LogP contribution in [0.25, 0.3) is 0 Å². The molecule has 1 aliphatic carbocycles. The lowest BCUT2D eigenvalue weighted by atomic mass is 9.86. The van der Waals surface area contributed by atoms with Crippen LogP contribution in [0.2, 0.25) is 5.02 Å². The van der Waals surface area contributed by atoms with Crippen LogP contribution >= 0.6 is 11.6 Å². The number of carbonyl (C=O) groups is 9. The van der Waals surface area contributed by atoms with Gasteiger partial charge in [0.15, 0.2) is 29.5 Å². The number of nitrogens with zero attached hydrogens (tertiary/aromatic N) is 2. The molecule has 6 rings (SSSR count). The number of ether oxygens (including phenoxy) is 9. The summed E-state index contributed by atoms with van der Waals surface area (Å²) in [5, 5.41) is 26.6. The van der Waals surface area contributed by atoms with Crippen LogP contribution in [-0.2, 0) is 89.1 Å². The minimum atomic E-state index is -1.95. The van der Waals surface area contributed by atoms with Crippen molar-refractivity contribution in [3.05, 3.63) is 82.4 Å². The van der Waals surface area contributed by atoms with Crippen LogP contribution in [0.5, 0.6) is 5.75 Å². The van der Waals surface area contributed by atoms with Crippen molar-refractivity contribution < 1.29 is 90.9 Å². The summed E-state index contributed by atoms with van der Waals surface area (Å²) < 4.78 is 52.0. The predicted molar refractivity (Wildman–Crippen MR) is 397 cm³/mol. The first-order valence-electron chi connectivity index (χ1n) is 36.9. The highest BCUT2D eigenvalue weighted by atomic mass is 35.5. The number of esters is 1. The van der Waals surface area contributed by atoms with Crippen molar-refractivity contribution in [2.45, 2.75) is 223 Å². The Bertz CT molecular complexity index is 3340. The third-order valence-corrected chi connectivity index (χ3v) is 20.0. The van der Waals surface area contributed by atoms with Crippen molar-refractivity contribution in [2.75, 3.05) is 99.1 Å². The number of nitrogens with two attached hydrogens (primary N) is 3. The van der Waals surface area contributed by atoms with E-state index in [1.54, 1.807) is 38.1 Å². The van der Waals surface area contributed by atoms with Gasteiger partial charge in [-0.2, -0.15) is 0 Å². The number of hydrogen-bond acceptors (Lipinski definition) is 23. The first-order valence-corrected chi connectivity index (χ1v) is 37.2. The highest BCUT2D eigenvalue weighted by molar-refractivity contribution is 6.35. The van der Waals surface area contributed by atoms with E-state index in [1.807, 2.05) is 71.0 Å². The fourth-order valence-electron chi connectivity index (χ4n) is 12.8. The monoisotopic (exact) mass is 1510 g/mol. The van der Waals surface area contributed by atoms with Gasteiger partial charge < -0.3 is 95.1 Å². The van der Waals surface area contributed by atoms with E-state index in [-0.39, 0.29) is 79.9 Å². The molecule has 10 atom stereocenters. The van der Waals surface area contributed by atoms with E-state index in [1.165, 1.54) is 33.2 Å². The lowest BCUT2D eigenvalue weighted by Crippen LogP contribution is -2.63. The Morgan fingerprint density at radius 3 is 2.23 bits per heavy atom. The standard InChI is InChI=1S/C76H117ClN10O19/c1-49-21-19-26-60(99-11)75(97)46-58(104-71(96)85-75)51(3)66-76(80,106-66)61(45-64(92)86(8)56-43-53(41-49)44-57(98-10)65(56)77)105-70(95)67(79)87(9)63(91)27-16-18-34-82-74(30-31-74)59(89)25-20-33-81-68(93)54(24-15-17-32-78)84-69(94)55(42-52-22-13-12-14-23-52)83-62(90)47-72(4,5)48-102-38-37-100-35-36-101-39-40-103-73(6,7)29-28-50(2)88/h12-14,19,21-23,26,43-44,51,54-55,58,60-61,66-67,82,97H,15-18,20,24-25,27-42,45-48,78-80H2,1-11H3,(H,81,93)(H,83,90)(H,84,94)(H,85,96)/b26-19+,49-21+/t51-,54+,55?,58+,60-,61+,66+,67-,75+,76+/m1/s1. The largest absolute Gasteiger partial charge is 0.495 e. The molecule has 2 aromatic rings. The normalized spacial score (nSPS) is 23.2. The van der Waals surface area contributed by atoms with Gasteiger partial charge in [0, 0.05) is 72.2 Å². The van der Waals surface area contributed by atoms with Crippen molar-refractivity contribution in [3.63, 3.8) is 0 Å². The molecule has 30 heteroatoms. The number of allylic oxidation sites excluding steroid dienone is 3. The van der Waals surface area contributed by atoms with Crippen LogP contribution in [0.3, 0.4) is 0 Å². The van der Waals surface area contributed by atoms with E-state index in [0.29, 0.717) is 123 Å². The van der Waals surface area contributed by atoms with Crippen LogP contribution in [0.15, 0.2) is 66.3 Å². The van der Waals surface area contributed by atoms with Gasteiger partial charge in [0.25, 0.3) is 0 Å². The Balaban J connectivity index is 0.957. The van der Waals surface area contributed by atoms with E-state index >= 15 is 0 Å². The lowest BCUT2D eigenvalue weighted by molar-refractivity contribution is -0.163. The maximum absolute atomic E-state index is 14.4. The molecule has 3 heterocycles. The zero-order valence-corrected chi connectivity index (χ0v) is 64.5. The number of halogens is 1. The molecule has 592 valence electrons. The summed E-state index contributed by atoms with van der Waals surface area (Å²) in [5.41, 5.74) is 16.3. The summed E-state index contributed by atoms with van der Waals surface area (Å²) in [6.07, 6.45) is 2.85. The highest BCUT2D eigenvalue weighted by Gasteiger charge is 2.66. The van der Waals surface area contributed by atoms with E-state index < -0.39 is 119 Å². The summed E-state index contributed by atoms with van der Waals surface area (Å²) in [7, 11) is 5.67. The molecule has 3 aliphatic heterocycles. The second-order valence-electron chi connectivity index (χ2n) is 29.7. The van der Waals surface area contributed by atoms with Gasteiger partial charge >= 0.3 is 12.1 Å². The Morgan fingerprint density at radius 2 is 1.57 bits per heavy atom. The molecule has 12 N–H and O–H groups in total. The number of hydrogen-bond donors (Lipinski definition) is 9. The molecule has 0 aromatic heterocycles. The molecule has 4 bridgehead atoms. The maximum Gasteiger partial charge on any atom is 0.409 e. The number of carbonyl (C=O) groups excluding carboxylic acids is 9. The molecule has 2 saturated heterocycles. The predicted octanol–water partition coefficient (Wildman–Crippen LogP) is 5.04. The number of Topliss-reactive ketones (excluding diaryl/α,β-unsaturated/α-hetero) is 2. The number of aliphatic hydroxyl groups is 1. The molecule has 1 saturated carbocycles. The Kier molecular flexibility index (Phi) is 34.4. The molecule has 6 amide bonds. The fraction of sp³-hybridized carbons (Fsp3) is 0.671. The Morgan fingerprint density at radius 1 is 0.877 bits per heavy atom. The fourth-order valence-corrected chi connectivity index (χ4v) is 13.2. The zero-order chi connectivity index (χ0) is 78.0. The quantitative estimate of drug-likeness (QED) is 0.0182. The molecular weight excluding hydrogens is 1390 g/mol. The Hall–Kier alpha value is -7.00. The maximum atomic E-state index is 14.4. The lowest BCUT2D eigenvalue weighted by Gasteiger charge is -2.42. The summed E-state index contributed by atoms with van der Waals surface area (Å²) >= 11 is 6.83. The van der Waals surface area contributed by atoms with Gasteiger partial charge in [-0.05, 0) is 134 Å². The third-order valence-electron chi connectivity index (χ3n) is 19.6. The number of anilines is 1. The number of ketones is 2. The summed E-state index contributed by atoms with van der Waals surface area (Å²) in [5.74, 6) is -3.89. The number of rotatable bonds is 43. The second kappa shape index (κ2) is 41.5. The van der Waals surface area contributed by atoms with E-state index in [2.05, 4.69) is 26.6 Å². The van der Waals surface area contributed by atoms with Crippen molar-refractivity contribution in [1.82, 2.24) is 31.5 Å². The highest BCUT2D eigenvalue weighted by Crippen LogP contribution is 2.46. The number of nitrogens with one attached hydrogen (secondary N) is 5. The van der Waals surface area contributed by atoms with Crippen molar-refractivity contribution >= 4 is 70.5 Å². The van der Waals surface area contributed by atoms with Gasteiger partial charge in [-0.25, -0.2) is 9.59 Å². The molecule has 2 aromatic carbocycles. The van der Waals surface area contributed by atoms with Crippen LogP contribution < -0.4 is 53.4 Å². The topological polar surface area (TPSA) is 405 Å². The summed E-state index contributed by atoms with van der Waals surface area (Å²) in [6, 6.07) is 10.7. The van der Waals surface area contributed by atoms with Crippen molar-refractivity contribution in [3.8, 4) is 5.75 Å². The minimum Gasteiger partial charge on any atom is -0.495 e. The SMILES string of the molecule is COc1cc2cc(c1Cl)N(C)C(=O)C[C@H](OC(=O)[C@H](N)N(C)C(=O)CCCCNC1(C(=O)CCCNC(=O)[C@H](CCCCN)NC(=O)C(Cc3ccccc3)NC(=O)CC(C)(C)COCCOCCOCCOC(C)(C)CCC(C)=O)CC1)[C@]1(N)O[C@H]1[C@H](C)[C@@H]1C[C@@](O)(NC(=O)O1)[C@H](OC)/C=C/C=C(\C)C2. The molecule has 0 radical (unpaired) electrons. The van der Waals surface area contributed by atoms with Gasteiger partial charge in [-0.3, -0.25) is 39.8 Å². The number of methoxy groups -OCH3 is 2.